The topological polar surface area (TPSA) is 63.9 Å². The van der Waals surface area contributed by atoms with Gasteiger partial charge in [0.2, 0.25) is 0 Å². The zero-order valence-electron chi connectivity index (χ0n) is 17.4. The van der Waals surface area contributed by atoms with Crippen LogP contribution in [-0.2, 0) is 25.0 Å². The largest absolute Gasteiger partial charge is 0.348 e. The lowest BCUT2D eigenvalue weighted by atomic mass is 9.78. The van der Waals surface area contributed by atoms with E-state index in [-0.39, 0.29) is 5.54 Å². The number of aromatic amines is 1. The minimum absolute atomic E-state index is 0.0848. The predicted octanol–water partition coefficient (Wildman–Crippen LogP) is 3.11. The van der Waals surface area contributed by atoms with Gasteiger partial charge in [-0.3, -0.25) is 9.80 Å². The molecule has 1 fully saturated rings. The predicted molar refractivity (Wildman–Crippen MR) is 110 cm³/mol. The molecule has 2 aliphatic rings. The fourth-order valence-electron chi connectivity index (χ4n) is 5.13. The second-order valence-electron chi connectivity index (χ2n) is 8.76. The zero-order valence-corrected chi connectivity index (χ0v) is 17.4. The van der Waals surface area contributed by atoms with Crippen molar-refractivity contribution in [1.82, 2.24) is 24.3 Å². The molecule has 1 saturated heterocycles. The third-order valence-electron chi connectivity index (χ3n) is 6.48. The normalized spacial score (nSPS) is 19.8. The van der Waals surface area contributed by atoms with Crippen molar-refractivity contribution in [3.05, 3.63) is 41.2 Å². The minimum atomic E-state index is 0.0848. The molecule has 1 spiro atoms. The Bertz CT molecular complexity index is 847. The van der Waals surface area contributed by atoms with Crippen LogP contribution in [0.3, 0.4) is 0 Å². The molecule has 4 rings (SSSR count). The highest BCUT2D eigenvalue weighted by molar-refractivity contribution is 5.29. The number of nitrogens with zero attached hydrogens (tertiary/aromatic N) is 5. The molecule has 0 unspecified atom stereocenters. The van der Waals surface area contributed by atoms with Crippen LogP contribution in [0.4, 0.5) is 0 Å². The van der Waals surface area contributed by atoms with E-state index < -0.39 is 0 Å². The molecule has 0 amide bonds. The van der Waals surface area contributed by atoms with Gasteiger partial charge in [0.25, 0.3) is 0 Å². The van der Waals surface area contributed by atoms with Crippen LogP contribution in [0, 0.1) is 17.2 Å². The van der Waals surface area contributed by atoms with E-state index in [0.29, 0.717) is 5.92 Å². The summed E-state index contributed by atoms with van der Waals surface area (Å²) in [5.41, 5.74) is 4.73. The molecule has 2 aliphatic heterocycles. The van der Waals surface area contributed by atoms with E-state index in [1.165, 1.54) is 17.0 Å². The van der Waals surface area contributed by atoms with Gasteiger partial charge in [-0.1, -0.05) is 13.8 Å². The van der Waals surface area contributed by atoms with Crippen molar-refractivity contribution >= 4 is 0 Å². The second-order valence-corrected chi connectivity index (χ2v) is 8.76. The molecular weight excluding hydrogens is 348 g/mol. The number of imidazole rings is 1. The Hall–Kier alpha value is -2.10. The molecule has 2 aromatic heterocycles. The first kappa shape index (κ1) is 19.2. The van der Waals surface area contributed by atoms with E-state index in [4.69, 9.17) is 4.98 Å². The maximum Gasteiger partial charge on any atom is 0.120 e. The summed E-state index contributed by atoms with van der Waals surface area (Å²) in [6, 6.07) is 4.36. The Morgan fingerprint density at radius 3 is 2.71 bits per heavy atom. The lowest BCUT2D eigenvalue weighted by Gasteiger charge is -2.51. The third kappa shape index (κ3) is 3.38. The molecule has 4 heterocycles. The summed E-state index contributed by atoms with van der Waals surface area (Å²) in [5.74, 6) is 0.661. The van der Waals surface area contributed by atoms with E-state index in [0.717, 1.165) is 64.2 Å². The van der Waals surface area contributed by atoms with Gasteiger partial charge in [0.15, 0.2) is 0 Å². The Labute approximate surface area is 168 Å². The average molecular weight is 381 g/mol. The van der Waals surface area contributed by atoms with Crippen molar-refractivity contribution < 1.29 is 0 Å². The van der Waals surface area contributed by atoms with Gasteiger partial charge >= 0.3 is 0 Å². The summed E-state index contributed by atoms with van der Waals surface area (Å²) in [7, 11) is 0. The SMILES string of the molecule is CCn1cc(CN2CCC3(CC2)c2nc[nH]c2CCN3CC(C)C)cc1C#N. The molecule has 6 nitrogen and oxygen atoms in total. The summed E-state index contributed by atoms with van der Waals surface area (Å²) in [6.07, 6.45) is 7.35. The number of nitrogens with one attached hydrogen (secondary N) is 1. The summed E-state index contributed by atoms with van der Waals surface area (Å²) >= 11 is 0. The van der Waals surface area contributed by atoms with Gasteiger partial charge in [-0.2, -0.15) is 5.26 Å². The lowest BCUT2D eigenvalue weighted by Crippen LogP contribution is -2.57. The molecule has 1 N–H and O–H groups in total. The molecule has 0 saturated carbocycles. The van der Waals surface area contributed by atoms with E-state index in [2.05, 4.69) is 47.8 Å². The van der Waals surface area contributed by atoms with E-state index in [9.17, 15) is 5.26 Å². The Morgan fingerprint density at radius 2 is 2.07 bits per heavy atom. The molecule has 2 aromatic rings. The van der Waals surface area contributed by atoms with Crippen LogP contribution < -0.4 is 0 Å². The third-order valence-corrected chi connectivity index (χ3v) is 6.48. The van der Waals surface area contributed by atoms with Crippen molar-refractivity contribution in [1.29, 1.82) is 5.26 Å². The van der Waals surface area contributed by atoms with E-state index >= 15 is 0 Å². The maximum absolute atomic E-state index is 9.31. The Morgan fingerprint density at radius 1 is 1.29 bits per heavy atom. The van der Waals surface area contributed by atoms with Crippen LogP contribution in [-0.4, -0.2) is 50.5 Å². The highest BCUT2D eigenvalue weighted by atomic mass is 15.3. The van der Waals surface area contributed by atoms with Crippen molar-refractivity contribution in [2.75, 3.05) is 26.2 Å². The van der Waals surface area contributed by atoms with Crippen molar-refractivity contribution in [2.45, 2.75) is 58.7 Å². The summed E-state index contributed by atoms with van der Waals surface area (Å²) in [6.45, 7) is 12.9. The number of likely N-dealkylation sites (tertiary alicyclic amines) is 1. The molecule has 0 atom stereocenters. The fourth-order valence-corrected chi connectivity index (χ4v) is 5.13. The van der Waals surface area contributed by atoms with Gasteiger partial charge in [0, 0.05) is 57.6 Å². The van der Waals surface area contributed by atoms with Crippen molar-refractivity contribution in [2.24, 2.45) is 5.92 Å². The molecular formula is C22H32N6. The van der Waals surface area contributed by atoms with Crippen LogP contribution in [0.15, 0.2) is 18.6 Å². The Balaban J connectivity index is 1.50. The van der Waals surface area contributed by atoms with E-state index in [1.807, 2.05) is 17.0 Å². The highest BCUT2D eigenvalue weighted by Gasteiger charge is 2.46. The highest BCUT2D eigenvalue weighted by Crippen LogP contribution is 2.42. The number of rotatable bonds is 5. The maximum atomic E-state index is 9.31. The second kappa shape index (κ2) is 7.73. The van der Waals surface area contributed by atoms with Crippen LogP contribution in [0.25, 0.3) is 0 Å². The van der Waals surface area contributed by atoms with Gasteiger partial charge < -0.3 is 9.55 Å². The van der Waals surface area contributed by atoms with E-state index in [1.54, 1.807) is 0 Å². The van der Waals surface area contributed by atoms with Crippen molar-refractivity contribution in [3.8, 4) is 6.07 Å². The molecule has 0 bridgehead atoms. The summed E-state index contributed by atoms with van der Waals surface area (Å²) in [4.78, 5) is 13.4. The van der Waals surface area contributed by atoms with Gasteiger partial charge in [-0.25, -0.2) is 4.98 Å². The molecule has 0 aliphatic carbocycles. The monoisotopic (exact) mass is 380 g/mol. The smallest absolute Gasteiger partial charge is 0.120 e. The minimum Gasteiger partial charge on any atom is -0.348 e. The van der Waals surface area contributed by atoms with Crippen LogP contribution in [0.5, 0.6) is 0 Å². The van der Waals surface area contributed by atoms with Crippen LogP contribution in [0.1, 0.15) is 56.3 Å². The molecule has 6 heteroatoms. The summed E-state index contributed by atoms with van der Waals surface area (Å²) < 4.78 is 2.04. The number of aromatic nitrogens is 3. The number of hydrogen-bond donors (Lipinski definition) is 1. The first-order valence-corrected chi connectivity index (χ1v) is 10.6. The Kier molecular flexibility index (Phi) is 5.31. The van der Waals surface area contributed by atoms with Gasteiger partial charge in [0.05, 0.1) is 17.6 Å². The fraction of sp³-hybridized carbons (Fsp3) is 0.636. The molecule has 0 aromatic carbocycles. The average Bonchev–Trinajstić information content (AvgIpc) is 3.32. The van der Waals surface area contributed by atoms with Gasteiger partial charge in [-0.15, -0.1) is 0 Å². The first-order valence-electron chi connectivity index (χ1n) is 10.6. The standard InChI is InChI=1S/C22H32N6/c1-4-27-15-18(11-19(27)12-23)14-26-9-6-22(7-10-26)21-20(24-16-25-21)5-8-28(22)13-17(2)3/h11,15-17H,4-10,13-14H2,1-3H3,(H,24,25). The number of piperidine rings is 1. The van der Waals surface area contributed by atoms with Gasteiger partial charge in [0.1, 0.15) is 11.8 Å². The molecule has 0 radical (unpaired) electrons. The molecule has 150 valence electrons. The molecule has 28 heavy (non-hydrogen) atoms. The quantitative estimate of drug-likeness (QED) is 0.866. The van der Waals surface area contributed by atoms with Crippen molar-refractivity contribution in [3.63, 3.8) is 0 Å². The number of H-pyrrole nitrogens is 1. The first-order chi connectivity index (χ1) is 13.6. The number of hydrogen-bond acceptors (Lipinski definition) is 4. The number of fused-ring (bicyclic) bond motifs is 2. The number of aryl methyl sites for hydroxylation is 1. The van der Waals surface area contributed by atoms with Crippen LogP contribution in [0.2, 0.25) is 0 Å². The van der Waals surface area contributed by atoms with Gasteiger partial charge in [-0.05, 0) is 37.3 Å². The van der Waals surface area contributed by atoms with Crippen LogP contribution >= 0.6 is 0 Å². The lowest BCUT2D eigenvalue weighted by molar-refractivity contribution is -0.00355. The zero-order chi connectivity index (χ0) is 19.7. The summed E-state index contributed by atoms with van der Waals surface area (Å²) in [5, 5.41) is 9.31. The number of nitriles is 1.